The predicted octanol–water partition coefficient (Wildman–Crippen LogP) is 1.46. The molecular formula is C11H13N5. The number of hydrazine groups is 1. The minimum atomic E-state index is 0.466. The number of benzene rings is 1. The Bertz CT molecular complexity index is 489. The van der Waals surface area contributed by atoms with E-state index in [2.05, 4.69) is 21.8 Å². The average molecular weight is 215 g/mol. The molecule has 5 nitrogen and oxygen atoms in total. The number of hydrogen-bond donors (Lipinski definition) is 2. The van der Waals surface area contributed by atoms with Crippen LogP contribution in [0.5, 0.6) is 0 Å². The van der Waals surface area contributed by atoms with Crippen LogP contribution in [0, 0.1) is 6.92 Å². The number of hydrogen-bond acceptors (Lipinski definition) is 4. The van der Waals surface area contributed by atoms with E-state index in [-0.39, 0.29) is 0 Å². The third kappa shape index (κ3) is 1.80. The number of nitrogens with one attached hydrogen (secondary N) is 1. The number of rotatable bonds is 3. The molecule has 82 valence electrons. The first kappa shape index (κ1) is 10.4. The van der Waals surface area contributed by atoms with E-state index in [4.69, 9.17) is 5.84 Å². The van der Waals surface area contributed by atoms with Crippen LogP contribution in [0.4, 0.5) is 5.95 Å². The molecule has 2 aromatic rings. The number of anilines is 1. The molecule has 0 radical (unpaired) electrons. The van der Waals surface area contributed by atoms with Crippen molar-refractivity contribution in [2.24, 2.45) is 5.84 Å². The Morgan fingerprint density at radius 1 is 1.44 bits per heavy atom. The Morgan fingerprint density at radius 3 is 2.81 bits per heavy atom. The Hall–Kier alpha value is -2.14. The summed E-state index contributed by atoms with van der Waals surface area (Å²) in [6, 6.07) is 7.89. The number of nitrogens with zero attached hydrogens (tertiary/aromatic N) is 3. The molecule has 1 heterocycles. The van der Waals surface area contributed by atoms with Gasteiger partial charge in [0.15, 0.2) is 0 Å². The van der Waals surface area contributed by atoms with Crippen LogP contribution in [0.3, 0.4) is 0 Å². The molecule has 0 bridgehead atoms. The molecule has 0 aliphatic heterocycles. The van der Waals surface area contributed by atoms with Gasteiger partial charge < -0.3 is 0 Å². The van der Waals surface area contributed by atoms with Crippen molar-refractivity contribution < 1.29 is 0 Å². The summed E-state index contributed by atoms with van der Waals surface area (Å²) in [6.45, 7) is 5.96. The molecule has 1 aromatic heterocycles. The summed E-state index contributed by atoms with van der Waals surface area (Å²) in [5, 5.41) is 7.81. The highest BCUT2D eigenvalue weighted by molar-refractivity contribution is 5.75. The number of aromatic nitrogens is 3. The van der Waals surface area contributed by atoms with E-state index in [0.717, 1.165) is 11.1 Å². The summed E-state index contributed by atoms with van der Waals surface area (Å²) in [7, 11) is 0. The van der Waals surface area contributed by atoms with Crippen molar-refractivity contribution in [2.45, 2.75) is 6.92 Å². The van der Waals surface area contributed by atoms with Crippen molar-refractivity contribution in [3.05, 3.63) is 48.3 Å². The predicted molar refractivity (Wildman–Crippen MR) is 63.3 cm³/mol. The van der Waals surface area contributed by atoms with Gasteiger partial charge in [0.05, 0.1) is 5.70 Å². The summed E-state index contributed by atoms with van der Waals surface area (Å²) in [4.78, 5) is 3.97. The fraction of sp³-hybridized carbons (Fsp3) is 0.0909. The molecule has 0 amide bonds. The third-order valence-corrected chi connectivity index (χ3v) is 2.38. The maximum Gasteiger partial charge on any atom is 0.240 e. The quantitative estimate of drug-likeness (QED) is 0.600. The minimum absolute atomic E-state index is 0.466. The lowest BCUT2D eigenvalue weighted by Crippen LogP contribution is -2.29. The van der Waals surface area contributed by atoms with Gasteiger partial charge in [-0.3, -0.25) is 0 Å². The Morgan fingerprint density at radius 2 is 2.19 bits per heavy atom. The molecule has 0 saturated carbocycles. The zero-order valence-corrected chi connectivity index (χ0v) is 9.01. The number of aryl methyl sites for hydroxylation is 1. The highest BCUT2D eigenvalue weighted by Crippen LogP contribution is 2.20. The van der Waals surface area contributed by atoms with Crippen molar-refractivity contribution in [3.8, 4) is 0 Å². The summed E-state index contributed by atoms with van der Waals surface area (Å²) >= 11 is 0. The van der Waals surface area contributed by atoms with Gasteiger partial charge in [-0.05, 0) is 12.5 Å². The second-order valence-electron chi connectivity index (χ2n) is 3.44. The zero-order chi connectivity index (χ0) is 11.5. The molecular weight excluding hydrogens is 202 g/mol. The van der Waals surface area contributed by atoms with Crippen LogP contribution in [0.15, 0.2) is 37.2 Å². The lowest BCUT2D eigenvalue weighted by molar-refractivity contribution is 0.986. The van der Waals surface area contributed by atoms with Crippen molar-refractivity contribution in [1.82, 2.24) is 15.2 Å². The summed E-state index contributed by atoms with van der Waals surface area (Å²) in [6.07, 6.45) is 1.40. The van der Waals surface area contributed by atoms with Crippen molar-refractivity contribution in [2.75, 3.05) is 5.01 Å². The van der Waals surface area contributed by atoms with Crippen molar-refractivity contribution in [1.29, 1.82) is 0 Å². The van der Waals surface area contributed by atoms with Gasteiger partial charge in [0.1, 0.15) is 6.33 Å². The van der Waals surface area contributed by atoms with Crippen LogP contribution in [0.25, 0.3) is 5.70 Å². The summed E-state index contributed by atoms with van der Waals surface area (Å²) < 4.78 is 0. The van der Waals surface area contributed by atoms with Crippen LogP contribution < -0.4 is 10.9 Å². The van der Waals surface area contributed by atoms with E-state index in [1.807, 2.05) is 31.2 Å². The van der Waals surface area contributed by atoms with Gasteiger partial charge in [-0.1, -0.05) is 30.8 Å². The van der Waals surface area contributed by atoms with E-state index in [9.17, 15) is 0 Å². The smallest absolute Gasteiger partial charge is 0.240 e. The Balaban J connectivity index is 2.30. The van der Waals surface area contributed by atoms with Crippen LogP contribution >= 0.6 is 0 Å². The topological polar surface area (TPSA) is 70.8 Å². The molecule has 1 aromatic carbocycles. The van der Waals surface area contributed by atoms with Gasteiger partial charge in [-0.25, -0.2) is 16.0 Å². The largest absolute Gasteiger partial charge is 0.247 e. The maximum atomic E-state index is 5.88. The second kappa shape index (κ2) is 4.16. The van der Waals surface area contributed by atoms with Crippen molar-refractivity contribution >= 4 is 11.6 Å². The second-order valence-corrected chi connectivity index (χ2v) is 3.44. The van der Waals surface area contributed by atoms with E-state index in [1.165, 1.54) is 11.3 Å². The molecule has 0 spiro atoms. The maximum absolute atomic E-state index is 5.88. The molecule has 0 fully saturated rings. The fourth-order valence-electron chi connectivity index (χ4n) is 1.47. The van der Waals surface area contributed by atoms with E-state index >= 15 is 0 Å². The van der Waals surface area contributed by atoms with Gasteiger partial charge in [-0.15, -0.1) is 0 Å². The van der Waals surface area contributed by atoms with Crippen LogP contribution in [-0.2, 0) is 0 Å². The van der Waals surface area contributed by atoms with Crippen LogP contribution in [0.1, 0.15) is 11.1 Å². The first-order valence-corrected chi connectivity index (χ1v) is 4.85. The SMILES string of the molecule is C=C(c1ccccc1C)N(N)c1ncn[nH]1. The zero-order valence-electron chi connectivity index (χ0n) is 9.01. The van der Waals surface area contributed by atoms with Gasteiger partial charge in [0.2, 0.25) is 5.95 Å². The van der Waals surface area contributed by atoms with E-state index in [1.54, 1.807) is 0 Å². The lowest BCUT2D eigenvalue weighted by atomic mass is 10.1. The lowest BCUT2D eigenvalue weighted by Gasteiger charge is -2.19. The molecule has 16 heavy (non-hydrogen) atoms. The minimum Gasteiger partial charge on any atom is -0.247 e. The monoisotopic (exact) mass is 215 g/mol. The average Bonchev–Trinajstić information content (AvgIpc) is 2.81. The molecule has 2 rings (SSSR count). The standard InChI is InChI=1S/C11H13N5/c1-8-5-3-4-6-10(8)9(2)16(12)11-13-7-14-15-11/h3-7H,2,12H2,1H3,(H,13,14,15). The number of aromatic amines is 1. The fourth-order valence-corrected chi connectivity index (χ4v) is 1.47. The first-order valence-electron chi connectivity index (χ1n) is 4.85. The third-order valence-electron chi connectivity index (χ3n) is 2.38. The number of nitrogens with two attached hydrogens (primary N) is 1. The van der Waals surface area contributed by atoms with Gasteiger partial charge in [0.25, 0.3) is 0 Å². The molecule has 5 heteroatoms. The van der Waals surface area contributed by atoms with Crippen LogP contribution in [0.2, 0.25) is 0 Å². The molecule has 3 N–H and O–H groups in total. The Labute approximate surface area is 93.6 Å². The van der Waals surface area contributed by atoms with Gasteiger partial charge in [-0.2, -0.15) is 10.1 Å². The Kier molecular flexibility index (Phi) is 2.70. The molecule has 0 aliphatic rings. The highest BCUT2D eigenvalue weighted by atomic mass is 15.5. The molecule has 0 unspecified atom stereocenters. The van der Waals surface area contributed by atoms with Gasteiger partial charge in [0, 0.05) is 5.56 Å². The highest BCUT2D eigenvalue weighted by Gasteiger charge is 2.11. The molecule has 0 atom stereocenters. The molecule has 0 aliphatic carbocycles. The van der Waals surface area contributed by atoms with Crippen molar-refractivity contribution in [3.63, 3.8) is 0 Å². The first-order chi connectivity index (χ1) is 7.70. The number of H-pyrrole nitrogens is 1. The normalized spacial score (nSPS) is 10.1. The van der Waals surface area contributed by atoms with E-state index < -0.39 is 0 Å². The summed E-state index contributed by atoms with van der Waals surface area (Å²) in [5.74, 6) is 6.35. The van der Waals surface area contributed by atoms with Crippen LogP contribution in [-0.4, -0.2) is 15.2 Å². The summed E-state index contributed by atoms with van der Waals surface area (Å²) in [5.41, 5.74) is 2.78. The van der Waals surface area contributed by atoms with E-state index in [0.29, 0.717) is 11.6 Å². The molecule has 0 saturated heterocycles. The van der Waals surface area contributed by atoms with Gasteiger partial charge >= 0.3 is 0 Å².